The van der Waals surface area contributed by atoms with Gasteiger partial charge in [0.25, 0.3) is 0 Å². The van der Waals surface area contributed by atoms with Crippen LogP contribution in [0.2, 0.25) is 0 Å². The van der Waals surface area contributed by atoms with Crippen LogP contribution in [0.4, 0.5) is 5.95 Å². The summed E-state index contributed by atoms with van der Waals surface area (Å²) in [5.74, 6) is 1.63. The average Bonchev–Trinajstić information content (AvgIpc) is 2.87. The topological polar surface area (TPSA) is 49.9 Å². The number of aromatic nitrogens is 2. The third kappa shape index (κ3) is 2.63. The summed E-state index contributed by atoms with van der Waals surface area (Å²) in [4.78, 5) is 7.75. The fourth-order valence-corrected chi connectivity index (χ4v) is 2.45. The fraction of sp³-hybridized carbons (Fsp3) is 0.133. The maximum absolute atomic E-state index is 5.33. The van der Waals surface area contributed by atoms with Gasteiger partial charge in [0.05, 0.1) is 18.1 Å². The minimum absolute atomic E-state index is 0.658. The Morgan fingerprint density at radius 2 is 2.10 bits per heavy atom. The van der Waals surface area contributed by atoms with Gasteiger partial charge in [-0.25, -0.2) is 4.98 Å². The average molecular weight is 332 g/mol. The van der Waals surface area contributed by atoms with Crippen LogP contribution in [0.5, 0.6) is 5.75 Å². The molecule has 0 unspecified atom stereocenters. The second kappa shape index (κ2) is 5.54. The number of imidazole rings is 1. The molecule has 2 aromatic carbocycles. The first-order valence-corrected chi connectivity index (χ1v) is 7.06. The van der Waals surface area contributed by atoms with Gasteiger partial charge in [0.15, 0.2) is 0 Å². The summed E-state index contributed by atoms with van der Waals surface area (Å²) in [7, 11) is 1.68. The molecule has 0 aliphatic heterocycles. The third-order valence-corrected chi connectivity index (χ3v) is 3.58. The van der Waals surface area contributed by atoms with Gasteiger partial charge in [0.2, 0.25) is 5.95 Å². The Morgan fingerprint density at radius 1 is 1.25 bits per heavy atom. The van der Waals surface area contributed by atoms with Gasteiger partial charge in [0.1, 0.15) is 5.75 Å². The number of H-pyrrole nitrogens is 1. The number of ether oxygens (including phenoxy) is 1. The van der Waals surface area contributed by atoms with Crippen LogP contribution in [0.15, 0.2) is 46.9 Å². The van der Waals surface area contributed by atoms with Crippen LogP contribution in [0, 0.1) is 0 Å². The molecule has 3 rings (SSSR count). The van der Waals surface area contributed by atoms with Gasteiger partial charge in [-0.3, -0.25) is 0 Å². The van der Waals surface area contributed by atoms with Gasteiger partial charge in [-0.1, -0.05) is 34.1 Å². The zero-order chi connectivity index (χ0) is 13.9. The van der Waals surface area contributed by atoms with Crippen molar-refractivity contribution in [3.63, 3.8) is 0 Å². The van der Waals surface area contributed by atoms with Crippen LogP contribution < -0.4 is 10.1 Å². The Balaban J connectivity index is 1.79. The van der Waals surface area contributed by atoms with Gasteiger partial charge in [-0.2, -0.15) is 0 Å². The van der Waals surface area contributed by atoms with Crippen molar-refractivity contribution in [3.8, 4) is 5.75 Å². The molecular weight excluding hydrogens is 318 g/mol. The highest BCUT2D eigenvalue weighted by Gasteiger charge is 2.05. The summed E-state index contributed by atoms with van der Waals surface area (Å²) in [5, 5.41) is 3.28. The molecule has 0 aliphatic rings. The number of para-hydroxylation sites is 1. The summed E-state index contributed by atoms with van der Waals surface area (Å²) in [6.45, 7) is 0.658. The van der Waals surface area contributed by atoms with Crippen LogP contribution in [0.3, 0.4) is 0 Å². The molecule has 102 valence electrons. The van der Waals surface area contributed by atoms with Crippen LogP contribution in [0.1, 0.15) is 5.56 Å². The van der Waals surface area contributed by atoms with Gasteiger partial charge in [-0.05, 0) is 24.3 Å². The van der Waals surface area contributed by atoms with E-state index in [1.54, 1.807) is 7.11 Å². The maximum atomic E-state index is 5.33. The minimum Gasteiger partial charge on any atom is -0.496 e. The summed E-state index contributed by atoms with van der Waals surface area (Å²) in [6, 6.07) is 13.9. The number of aromatic amines is 1. The Bertz CT molecular complexity index is 739. The number of benzene rings is 2. The number of hydrogen-bond acceptors (Lipinski definition) is 3. The van der Waals surface area contributed by atoms with E-state index in [1.165, 1.54) is 0 Å². The molecule has 0 atom stereocenters. The molecule has 1 aromatic heterocycles. The molecule has 2 N–H and O–H groups in total. The van der Waals surface area contributed by atoms with Crippen LogP contribution in [-0.4, -0.2) is 17.1 Å². The van der Waals surface area contributed by atoms with Crippen molar-refractivity contribution in [3.05, 3.63) is 52.5 Å². The summed E-state index contributed by atoms with van der Waals surface area (Å²) >= 11 is 3.45. The first kappa shape index (κ1) is 13.0. The standard InChI is InChI=1S/C15H14BrN3O/c1-20-14-5-3-2-4-10(14)9-17-15-18-12-7-6-11(16)8-13(12)19-15/h2-8H,9H2,1H3,(H2,17,18,19). The van der Waals surface area contributed by atoms with Gasteiger partial charge >= 0.3 is 0 Å². The number of fused-ring (bicyclic) bond motifs is 1. The van der Waals surface area contributed by atoms with Crippen molar-refractivity contribution >= 4 is 32.9 Å². The largest absolute Gasteiger partial charge is 0.496 e. The van der Waals surface area contributed by atoms with Crippen molar-refractivity contribution in [2.24, 2.45) is 0 Å². The molecule has 5 heteroatoms. The molecule has 0 fully saturated rings. The first-order valence-electron chi connectivity index (χ1n) is 6.27. The highest BCUT2D eigenvalue weighted by Crippen LogP contribution is 2.21. The minimum atomic E-state index is 0.658. The van der Waals surface area contributed by atoms with Crippen LogP contribution in [0.25, 0.3) is 11.0 Å². The Morgan fingerprint density at radius 3 is 2.95 bits per heavy atom. The van der Waals surface area contributed by atoms with Crippen molar-refractivity contribution in [2.75, 3.05) is 12.4 Å². The fourth-order valence-electron chi connectivity index (χ4n) is 2.09. The molecule has 0 spiro atoms. The molecule has 4 nitrogen and oxygen atoms in total. The number of nitrogens with zero attached hydrogens (tertiary/aromatic N) is 1. The Labute approximate surface area is 125 Å². The zero-order valence-electron chi connectivity index (χ0n) is 11.0. The molecule has 0 bridgehead atoms. The smallest absolute Gasteiger partial charge is 0.201 e. The Hall–Kier alpha value is -2.01. The van der Waals surface area contributed by atoms with E-state index in [9.17, 15) is 0 Å². The van der Waals surface area contributed by atoms with E-state index >= 15 is 0 Å². The van der Waals surface area contributed by atoms with Gasteiger partial charge in [-0.15, -0.1) is 0 Å². The van der Waals surface area contributed by atoms with Crippen LogP contribution in [-0.2, 0) is 6.54 Å². The quantitative estimate of drug-likeness (QED) is 0.761. The summed E-state index contributed by atoms with van der Waals surface area (Å²) in [5.41, 5.74) is 3.04. The number of nitrogens with one attached hydrogen (secondary N) is 2. The predicted molar refractivity (Wildman–Crippen MR) is 84.1 cm³/mol. The van der Waals surface area contributed by atoms with E-state index in [0.29, 0.717) is 6.54 Å². The van der Waals surface area contributed by atoms with Crippen molar-refractivity contribution in [1.82, 2.24) is 9.97 Å². The summed E-state index contributed by atoms with van der Waals surface area (Å²) in [6.07, 6.45) is 0. The first-order chi connectivity index (χ1) is 9.76. The lowest BCUT2D eigenvalue weighted by Crippen LogP contribution is -2.02. The van der Waals surface area contributed by atoms with E-state index in [4.69, 9.17) is 4.74 Å². The van der Waals surface area contributed by atoms with E-state index in [1.807, 2.05) is 42.5 Å². The number of hydrogen-bond donors (Lipinski definition) is 2. The number of halogens is 1. The van der Waals surface area contributed by atoms with Crippen molar-refractivity contribution in [2.45, 2.75) is 6.54 Å². The SMILES string of the molecule is COc1ccccc1CNc1nc2ccc(Br)cc2[nH]1. The maximum Gasteiger partial charge on any atom is 0.201 e. The molecule has 0 radical (unpaired) electrons. The third-order valence-electron chi connectivity index (χ3n) is 3.08. The highest BCUT2D eigenvalue weighted by molar-refractivity contribution is 9.10. The molecule has 1 heterocycles. The zero-order valence-corrected chi connectivity index (χ0v) is 12.6. The molecule has 0 amide bonds. The molecule has 20 heavy (non-hydrogen) atoms. The lowest BCUT2D eigenvalue weighted by atomic mass is 10.2. The Kier molecular flexibility index (Phi) is 3.60. The predicted octanol–water partition coefficient (Wildman–Crippen LogP) is 3.95. The van der Waals surface area contributed by atoms with Crippen molar-refractivity contribution < 1.29 is 4.74 Å². The molecule has 0 saturated carbocycles. The van der Waals surface area contributed by atoms with Gasteiger partial charge < -0.3 is 15.0 Å². The number of anilines is 1. The molecular formula is C15H14BrN3O. The second-order valence-corrected chi connectivity index (χ2v) is 5.33. The van der Waals surface area contributed by atoms with E-state index < -0.39 is 0 Å². The lowest BCUT2D eigenvalue weighted by molar-refractivity contribution is 0.410. The van der Waals surface area contributed by atoms with Crippen LogP contribution >= 0.6 is 15.9 Å². The molecule has 3 aromatic rings. The number of methoxy groups -OCH3 is 1. The van der Waals surface area contributed by atoms with E-state index in [0.717, 1.165) is 32.8 Å². The summed E-state index contributed by atoms with van der Waals surface area (Å²) < 4.78 is 6.36. The van der Waals surface area contributed by atoms with E-state index in [-0.39, 0.29) is 0 Å². The monoisotopic (exact) mass is 331 g/mol. The van der Waals surface area contributed by atoms with E-state index in [2.05, 4.69) is 31.2 Å². The molecule has 0 aliphatic carbocycles. The molecule has 0 saturated heterocycles. The van der Waals surface area contributed by atoms with Crippen molar-refractivity contribution in [1.29, 1.82) is 0 Å². The second-order valence-electron chi connectivity index (χ2n) is 4.41. The number of rotatable bonds is 4. The lowest BCUT2D eigenvalue weighted by Gasteiger charge is -2.08. The van der Waals surface area contributed by atoms with Gasteiger partial charge in [0, 0.05) is 16.6 Å². The normalized spacial score (nSPS) is 10.7. The highest BCUT2D eigenvalue weighted by atomic mass is 79.9.